The number of allylic oxidation sites excluding steroid dienone is 5. The van der Waals surface area contributed by atoms with Gasteiger partial charge in [0.1, 0.15) is 0 Å². The summed E-state index contributed by atoms with van der Waals surface area (Å²) in [5, 5.41) is 3.12. The number of aliphatic imine (C=N–C) groups is 1. The maximum atomic E-state index is 4.15. The summed E-state index contributed by atoms with van der Waals surface area (Å²) in [5.74, 6) is 0. The van der Waals surface area contributed by atoms with Crippen LogP contribution >= 0.6 is 0 Å². The molecule has 0 unspecified atom stereocenters. The molecule has 2 nitrogen and oxygen atoms in total. The Kier molecular flexibility index (Phi) is 7.69. The molecule has 0 spiro atoms. The fraction of sp³-hybridized carbons (Fsp3) is 0.154. The van der Waals surface area contributed by atoms with E-state index in [2.05, 4.69) is 23.5 Å². The zero-order chi connectivity index (χ0) is 11.5. The van der Waals surface area contributed by atoms with Gasteiger partial charge in [-0.3, -0.25) is 4.99 Å². The number of nitrogens with one attached hydrogen (secondary N) is 1. The van der Waals surface area contributed by atoms with E-state index in [1.807, 2.05) is 38.3 Å². The first-order valence-corrected chi connectivity index (χ1v) is 4.81. The van der Waals surface area contributed by atoms with Gasteiger partial charge in [0.25, 0.3) is 0 Å². The molecule has 0 aliphatic rings. The van der Waals surface area contributed by atoms with E-state index in [4.69, 9.17) is 0 Å². The van der Waals surface area contributed by atoms with Crippen LogP contribution in [-0.2, 0) is 0 Å². The second-order valence-corrected chi connectivity index (χ2v) is 2.68. The summed E-state index contributed by atoms with van der Waals surface area (Å²) in [6.45, 7) is 11.2. The third kappa shape index (κ3) is 6.27. The Bertz CT molecular complexity index is 317. The first kappa shape index (κ1) is 13.2. The fourth-order valence-corrected chi connectivity index (χ4v) is 0.835. The molecular weight excluding hydrogens is 184 g/mol. The topological polar surface area (TPSA) is 24.4 Å². The molecule has 0 radical (unpaired) electrons. The SMILES string of the molecule is C=C\C=N/C(C=C)=C\C(=C\C)N/C=C\C. The zero-order valence-electron chi connectivity index (χ0n) is 9.40. The highest BCUT2D eigenvalue weighted by Gasteiger charge is 1.89. The van der Waals surface area contributed by atoms with Crippen molar-refractivity contribution in [2.24, 2.45) is 4.99 Å². The summed E-state index contributed by atoms with van der Waals surface area (Å²) in [6, 6.07) is 0. The molecule has 0 atom stereocenters. The molecule has 0 bridgehead atoms. The number of nitrogens with zero attached hydrogens (tertiary/aromatic N) is 1. The van der Waals surface area contributed by atoms with Crippen molar-refractivity contribution in [3.63, 3.8) is 0 Å². The highest BCUT2D eigenvalue weighted by Crippen LogP contribution is 2.02. The summed E-state index contributed by atoms with van der Waals surface area (Å²) in [7, 11) is 0. The van der Waals surface area contributed by atoms with Crippen LogP contribution in [0.25, 0.3) is 0 Å². The van der Waals surface area contributed by atoms with Crippen molar-refractivity contribution >= 4 is 6.21 Å². The van der Waals surface area contributed by atoms with Gasteiger partial charge in [0.2, 0.25) is 0 Å². The average molecular weight is 202 g/mol. The Morgan fingerprint density at radius 3 is 2.47 bits per heavy atom. The predicted molar refractivity (Wildman–Crippen MR) is 68.7 cm³/mol. The molecule has 2 heteroatoms. The molecule has 0 aromatic heterocycles. The van der Waals surface area contributed by atoms with E-state index in [0.29, 0.717) is 0 Å². The van der Waals surface area contributed by atoms with Crippen LogP contribution in [0.15, 0.2) is 66.1 Å². The van der Waals surface area contributed by atoms with Crippen molar-refractivity contribution in [2.75, 3.05) is 0 Å². The molecule has 0 amide bonds. The van der Waals surface area contributed by atoms with Crippen LogP contribution in [0, 0.1) is 0 Å². The van der Waals surface area contributed by atoms with Crippen molar-refractivity contribution in [3.8, 4) is 0 Å². The molecule has 0 aromatic carbocycles. The van der Waals surface area contributed by atoms with Crippen LogP contribution in [0.4, 0.5) is 0 Å². The van der Waals surface area contributed by atoms with E-state index < -0.39 is 0 Å². The van der Waals surface area contributed by atoms with Gasteiger partial charge < -0.3 is 5.32 Å². The highest BCUT2D eigenvalue weighted by atomic mass is 14.8. The molecule has 0 rings (SSSR count). The Hall–Kier alpha value is -1.83. The molecular formula is C13H18N2. The fourth-order valence-electron chi connectivity index (χ4n) is 0.835. The highest BCUT2D eigenvalue weighted by molar-refractivity contribution is 5.71. The minimum absolute atomic E-state index is 0.792. The van der Waals surface area contributed by atoms with Crippen LogP contribution in [-0.4, -0.2) is 6.21 Å². The van der Waals surface area contributed by atoms with Crippen molar-refractivity contribution in [1.82, 2.24) is 5.32 Å². The van der Waals surface area contributed by atoms with Gasteiger partial charge in [-0.05, 0) is 32.2 Å². The van der Waals surface area contributed by atoms with Crippen molar-refractivity contribution in [1.29, 1.82) is 0 Å². The zero-order valence-corrected chi connectivity index (χ0v) is 9.40. The quantitative estimate of drug-likeness (QED) is 0.518. The predicted octanol–water partition coefficient (Wildman–Crippen LogP) is 3.34. The lowest BCUT2D eigenvalue weighted by molar-refractivity contribution is 1.09. The van der Waals surface area contributed by atoms with E-state index in [0.717, 1.165) is 11.4 Å². The Balaban J connectivity index is 4.70. The molecule has 0 saturated heterocycles. The minimum Gasteiger partial charge on any atom is -0.362 e. The van der Waals surface area contributed by atoms with Crippen molar-refractivity contribution in [3.05, 3.63) is 61.1 Å². The van der Waals surface area contributed by atoms with Gasteiger partial charge in [-0.1, -0.05) is 31.4 Å². The number of hydrogen-bond acceptors (Lipinski definition) is 2. The summed E-state index contributed by atoms with van der Waals surface area (Å²) in [4.78, 5) is 4.15. The molecule has 0 heterocycles. The summed E-state index contributed by atoms with van der Waals surface area (Å²) in [5.41, 5.74) is 1.77. The van der Waals surface area contributed by atoms with Gasteiger partial charge in [-0.25, -0.2) is 0 Å². The Morgan fingerprint density at radius 1 is 1.27 bits per heavy atom. The molecule has 1 N–H and O–H groups in total. The van der Waals surface area contributed by atoms with E-state index in [1.165, 1.54) is 0 Å². The Labute approximate surface area is 92.1 Å². The number of hydrogen-bond donors (Lipinski definition) is 1. The van der Waals surface area contributed by atoms with Gasteiger partial charge in [-0.15, -0.1) is 0 Å². The smallest absolute Gasteiger partial charge is 0.0644 e. The summed E-state index contributed by atoms with van der Waals surface area (Å²) in [6.07, 6.45) is 12.6. The molecule has 0 aliphatic carbocycles. The summed E-state index contributed by atoms with van der Waals surface area (Å²) < 4.78 is 0. The molecule has 0 fully saturated rings. The van der Waals surface area contributed by atoms with Crippen LogP contribution in [0.5, 0.6) is 0 Å². The van der Waals surface area contributed by atoms with Gasteiger partial charge in [0, 0.05) is 11.9 Å². The molecule has 0 aliphatic heterocycles. The molecule has 15 heavy (non-hydrogen) atoms. The van der Waals surface area contributed by atoms with Crippen LogP contribution < -0.4 is 5.32 Å². The normalized spacial score (nSPS) is 13.5. The first-order chi connectivity index (χ1) is 7.28. The van der Waals surface area contributed by atoms with Gasteiger partial charge >= 0.3 is 0 Å². The third-order valence-electron chi connectivity index (χ3n) is 1.57. The van der Waals surface area contributed by atoms with Gasteiger partial charge in [0.05, 0.1) is 5.70 Å². The van der Waals surface area contributed by atoms with Crippen molar-refractivity contribution in [2.45, 2.75) is 13.8 Å². The lowest BCUT2D eigenvalue weighted by Crippen LogP contribution is -2.01. The summed E-state index contributed by atoms with van der Waals surface area (Å²) >= 11 is 0. The van der Waals surface area contributed by atoms with E-state index >= 15 is 0 Å². The van der Waals surface area contributed by atoms with Crippen molar-refractivity contribution < 1.29 is 0 Å². The standard InChI is InChI=1S/C13H18N2/c1-5-9-14-12(7-3)11-13(8-4)15-10-6-2/h5-11,15H,1,3H2,2,4H3/b10-6-,12-11-,13-8-,14-9-. The van der Waals surface area contributed by atoms with E-state index in [1.54, 1.807) is 18.4 Å². The lowest BCUT2D eigenvalue weighted by Gasteiger charge is -2.01. The van der Waals surface area contributed by atoms with E-state index in [9.17, 15) is 0 Å². The van der Waals surface area contributed by atoms with Gasteiger partial charge in [-0.2, -0.15) is 0 Å². The Morgan fingerprint density at radius 2 is 2.00 bits per heavy atom. The van der Waals surface area contributed by atoms with Crippen LogP contribution in [0.1, 0.15) is 13.8 Å². The first-order valence-electron chi connectivity index (χ1n) is 4.81. The monoisotopic (exact) mass is 202 g/mol. The van der Waals surface area contributed by atoms with Gasteiger partial charge in [0.15, 0.2) is 0 Å². The minimum atomic E-state index is 0.792. The third-order valence-corrected chi connectivity index (χ3v) is 1.57. The van der Waals surface area contributed by atoms with Crippen LogP contribution in [0.3, 0.4) is 0 Å². The number of rotatable bonds is 6. The molecule has 0 saturated carbocycles. The molecule has 0 aromatic rings. The van der Waals surface area contributed by atoms with E-state index in [-0.39, 0.29) is 0 Å². The largest absolute Gasteiger partial charge is 0.362 e. The van der Waals surface area contributed by atoms with Crippen LogP contribution in [0.2, 0.25) is 0 Å². The lowest BCUT2D eigenvalue weighted by atomic mass is 10.3. The second-order valence-electron chi connectivity index (χ2n) is 2.68. The molecule has 80 valence electrons. The maximum Gasteiger partial charge on any atom is 0.0644 e. The maximum absolute atomic E-state index is 4.15. The average Bonchev–Trinajstić information content (AvgIpc) is 2.28. The second kappa shape index (κ2) is 8.75.